The molecular formula is C30H32ClN5O3. The van der Waals surface area contributed by atoms with Gasteiger partial charge in [-0.05, 0) is 54.8 Å². The Bertz CT molecular complexity index is 1380. The third kappa shape index (κ3) is 6.08. The molecule has 2 aromatic carbocycles. The summed E-state index contributed by atoms with van der Waals surface area (Å²) in [5.41, 5.74) is 5.48. The van der Waals surface area contributed by atoms with Gasteiger partial charge in [0.1, 0.15) is 12.4 Å². The maximum Gasteiger partial charge on any atom is 0.321 e. The number of aliphatic imine (C=N–C) groups is 1. The molecule has 3 aliphatic rings. The summed E-state index contributed by atoms with van der Waals surface area (Å²) in [5.74, 6) is 1.55. The van der Waals surface area contributed by atoms with E-state index < -0.39 is 0 Å². The molecule has 0 radical (unpaired) electrons. The van der Waals surface area contributed by atoms with Gasteiger partial charge in [0, 0.05) is 72.7 Å². The van der Waals surface area contributed by atoms with Gasteiger partial charge in [-0.2, -0.15) is 0 Å². The van der Waals surface area contributed by atoms with Crippen LogP contribution in [-0.4, -0.2) is 79.1 Å². The number of carbonyl (C=O) groups is 1. The van der Waals surface area contributed by atoms with Crippen LogP contribution in [-0.2, 0) is 11.2 Å². The predicted molar refractivity (Wildman–Crippen MR) is 154 cm³/mol. The van der Waals surface area contributed by atoms with E-state index in [0.29, 0.717) is 29.6 Å². The fourth-order valence-electron chi connectivity index (χ4n) is 5.22. The third-order valence-electron chi connectivity index (χ3n) is 7.41. The molecule has 3 aliphatic heterocycles. The number of amides is 2. The van der Waals surface area contributed by atoms with Crippen LogP contribution in [0.5, 0.6) is 5.75 Å². The summed E-state index contributed by atoms with van der Waals surface area (Å²) in [5, 5.41) is 3.60. The van der Waals surface area contributed by atoms with Crippen molar-refractivity contribution in [1.29, 1.82) is 0 Å². The van der Waals surface area contributed by atoms with E-state index in [0.717, 1.165) is 92.5 Å². The van der Waals surface area contributed by atoms with Gasteiger partial charge in [0.05, 0.1) is 18.9 Å². The van der Waals surface area contributed by atoms with Gasteiger partial charge < -0.3 is 19.7 Å². The van der Waals surface area contributed by atoms with E-state index in [2.05, 4.69) is 33.4 Å². The Morgan fingerprint density at radius 1 is 1.03 bits per heavy atom. The van der Waals surface area contributed by atoms with Crippen LogP contribution in [0.4, 0.5) is 16.3 Å². The van der Waals surface area contributed by atoms with Crippen molar-refractivity contribution < 1.29 is 14.3 Å². The molecule has 1 N–H and O–H groups in total. The summed E-state index contributed by atoms with van der Waals surface area (Å²) in [6, 6.07) is 15.7. The first-order chi connectivity index (χ1) is 19.1. The quantitative estimate of drug-likeness (QED) is 0.429. The van der Waals surface area contributed by atoms with Crippen molar-refractivity contribution in [3.63, 3.8) is 0 Å². The van der Waals surface area contributed by atoms with Gasteiger partial charge in [-0.1, -0.05) is 23.7 Å². The van der Waals surface area contributed by atoms with Crippen molar-refractivity contribution in [2.45, 2.75) is 19.3 Å². The standard InChI is InChI=1S/C30H32ClN5O3/c31-27-7-6-24(33-30(37)36-8-1-2-9-36)19-26(27)28-18-22-16-23(20-32-29(22)34-28)21-4-3-5-25(17-21)39-15-12-35-10-13-38-14-11-35/h3-7,16-17,19-20H,1-2,8-15,18H2,(H,33,37). The second kappa shape index (κ2) is 11.7. The molecule has 2 saturated heterocycles. The summed E-state index contributed by atoms with van der Waals surface area (Å²) in [6.07, 6.45) is 4.58. The number of benzene rings is 2. The lowest BCUT2D eigenvalue weighted by molar-refractivity contribution is 0.0322. The zero-order valence-electron chi connectivity index (χ0n) is 21.9. The summed E-state index contributed by atoms with van der Waals surface area (Å²) < 4.78 is 11.5. The number of nitrogens with one attached hydrogen (secondary N) is 1. The Morgan fingerprint density at radius 3 is 2.72 bits per heavy atom. The van der Waals surface area contributed by atoms with Crippen molar-refractivity contribution in [3.05, 3.63) is 70.9 Å². The number of likely N-dealkylation sites (tertiary alicyclic amines) is 1. The van der Waals surface area contributed by atoms with Crippen molar-refractivity contribution in [1.82, 2.24) is 14.8 Å². The number of anilines is 1. The zero-order chi connectivity index (χ0) is 26.6. The molecule has 6 rings (SSSR count). The van der Waals surface area contributed by atoms with Gasteiger partial charge in [-0.25, -0.2) is 14.8 Å². The SMILES string of the molecule is O=C(Nc1ccc(Cl)c(C2=Nc3ncc(-c4cccc(OCCN5CCOCC5)c4)cc3C2)c1)N1CCCC1. The Kier molecular flexibility index (Phi) is 7.76. The fraction of sp³-hybridized carbons (Fsp3) is 0.367. The second-order valence-corrected chi connectivity index (χ2v) is 10.5. The molecule has 0 unspecified atom stereocenters. The molecular weight excluding hydrogens is 514 g/mol. The lowest BCUT2D eigenvalue weighted by Gasteiger charge is -2.26. The number of halogens is 1. The minimum atomic E-state index is -0.0731. The van der Waals surface area contributed by atoms with Crippen LogP contribution in [0.3, 0.4) is 0 Å². The van der Waals surface area contributed by atoms with Gasteiger partial charge in [0.25, 0.3) is 0 Å². The molecule has 202 valence electrons. The number of urea groups is 1. The molecule has 4 heterocycles. The minimum absolute atomic E-state index is 0.0731. The van der Waals surface area contributed by atoms with Gasteiger partial charge >= 0.3 is 6.03 Å². The van der Waals surface area contributed by atoms with E-state index in [1.807, 2.05) is 41.4 Å². The maximum absolute atomic E-state index is 12.6. The van der Waals surface area contributed by atoms with E-state index in [-0.39, 0.29) is 6.03 Å². The van der Waals surface area contributed by atoms with Crippen molar-refractivity contribution >= 4 is 34.8 Å². The van der Waals surface area contributed by atoms with Crippen LogP contribution in [0.15, 0.2) is 59.7 Å². The molecule has 3 aromatic rings. The molecule has 8 nitrogen and oxygen atoms in total. The number of carbonyl (C=O) groups excluding carboxylic acids is 1. The molecule has 0 spiro atoms. The smallest absolute Gasteiger partial charge is 0.321 e. The Balaban J connectivity index is 1.12. The van der Waals surface area contributed by atoms with E-state index >= 15 is 0 Å². The van der Waals surface area contributed by atoms with E-state index in [1.54, 1.807) is 0 Å². The molecule has 0 saturated carbocycles. The van der Waals surface area contributed by atoms with Gasteiger partial charge in [-0.3, -0.25) is 4.90 Å². The largest absolute Gasteiger partial charge is 0.492 e. The predicted octanol–water partition coefficient (Wildman–Crippen LogP) is 5.42. The van der Waals surface area contributed by atoms with Crippen molar-refractivity contribution in [3.8, 4) is 16.9 Å². The van der Waals surface area contributed by atoms with Crippen LogP contribution in [0.25, 0.3) is 11.1 Å². The van der Waals surface area contributed by atoms with Gasteiger partial charge in [0.15, 0.2) is 5.82 Å². The molecule has 2 fully saturated rings. The number of hydrogen-bond donors (Lipinski definition) is 1. The number of pyridine rings is 1. The molecule has 0 bridgehead atoms. The van der Waals surface area contributed by atoms with Crippen LogP contribution < -0.4 is 10.1 Å². The number of nitrogens with zero attached hydrogens (tertiary/aromatic N) is 4. The number of rotatable bonds is 7. The first kappa shape index (κ1) is 25.8. The zero-order valence-corrected chi connectivity index (χ0v) is 22.6. The topological polar surface area (TPSA) is 79.3 Å². The first-order valence-corrected chi connectivity index (χ1v) is 14.0. The summed E-state index contributed by atoms with van der Waals surface area (Å²) in [7, 11) is 0. The van der Waals surface area contributed by atoms with E-state index in [9.17, 15) is 4.79 Å². The van der Waals surface area contributed by atoms with Crippen molar-refractivity contribution in [2.24, 2.45) is 4.99 Å². The monoisotopic (exact) mass is 545 g/mol. The van der Waals surface area contributed by atoms with Crippen LogP contribution in [0, 0.1) is 0 Å². The van der Waals surface area contributed by atoms with E-state index in [1.165, 1.54) is 0 Å². The molecule has 1 aromatic heterocycles. The van der Waals surface area contributed by atoms with Crippen molar-refractivity contribution in [2.75, 3.05) is 57.9 Å². The van der Waals surface area contributed by atoms with Gasteiger partial charge in [-0.15, -0.1) is 0 Å². The highest BCUT2D eigenvalue weighted by molar-refractivity contribution is 6.34. The summed E-state index contributed by atoms with van der Waals surface area (Å²) in [4.78, 5) is 26.2. The average molecular weight is 546 g/mol. The highest BCUT2D eigenvalue weighted by atomic mass is 35.5. The minimum Gasteiger partial charge on any atom is -0.492 e. The van der Waals surface area contributed by atoms with Crippen LogP contribution in [0.2, 0.25) is 5.02 Å². The number of aromatic nitrogens is 1. The summed E-state index contributed by atoms with van der Waals surface area (Å²) in [6.45, 7) is 6.62. The summed E-state index contributed by atoms with van der Waals surface area (Å²) >= 11 is 6.57. The fourth-order valence-corrected chi connectivity index (χ4v) is 5.45. The highest BCUT2D eigenvalue weighted by Crippen LogP contribution is 2.34. The Morgan fingerprint density at radius 2 is 1.87 bits per heavy atom. The lowest BCUT2D eigenvalue weighted by atomic mass is 10.0. The number of hydrogen-bond acceptors (Lipinski definition) is 6. The number of morpholine rings is 1. The Hall–Kier alpha value is -3.46. The Labute approximate surface area is 233 Å². The number of fused-ring (bicyclic) bond motifs is 1. The molecule has 39 heavy (non-hydrogen) atoms. The molecule has 0 atom stereocenters. The normalized spacial score (nSPS) is 17.2. The van der Waals surface area contributed by atoms with Crippen LogP contribution in [0.1, 0.15) is 24.0 Å². The van der Waals surface area contributed by atoms with E-state index in [4.69, 9.17) is 26.1 Å². The number of ether oxygens (including phenoxy) is 2. The van der Waals surface area contributed by atoms with Gasteiger partial charge in [0.2, 0.25) is 0 Å². The molecule has 0 aliphatic carbocycles. The third-order valence-corrected chi connectivity index (χ3v) is 7.74. The second-order valence-electron chi connectivity index (χ2n) is 10.1. The average Bonchev–Trinajstić information content (AvgIpc) is 3.65. The first-order valence-electron chi connectivity index (χ1n) is 13.6. The maximum atomic E-state index is 12.6. The highest BCUT2D eigenvalue weighted by Gasteiger charge is 2.22. The molecule has 9 heteroatoms. The van der Waals surface area contributed by atoms with Crippen LogP contribution >= 0.6 is 11.6 Å². The molecule has 2 amide bonds. The lowest BCUT2D eigenvalue weighted by Crippen LogP contribution is -2.38.